The molecule has 4 aliphatic rings. The molecule has 0 aromatic rings. The maximum atomic E-state index is 13.3. The molecule has 0 aliphatic carbocycles. The van der Waals surface area contributed by atoms with Crippen LogP contribution < -0.4 is 26.6 Å². The topological polar surface area (TPSA) is 339 Å². The monoisotopic (exact) mass is 1210 g/mol. The van der Waals surface area contributed by atoms with Crippen LogP contribution in [0.4, 0.5) is 0 Å². The Labute approximate surface area is 506 Å². The number of carboxylic acids is 2. The van der Waals surface area contributed by atoms with Crippen LogP contribution in [0, 0.1) is 0 Å². The van der Waals surface area contributed by atoms with Gasteiger partial charge in [0.15, 0.2) is 12.6 Å². The van der Waals surface area contributed by atoms with Gasteiger partial charge in [-0.1, -0.05) is 180 Å². The summed E-state index contributed by atoms with van der Waals surface area (Å²) in [4.78, 5) is 50.8. The molecule has 494 valence electrons. The molecule has 0 spiro atoms. The summed E-state index contributed by atoms with van der Waals surface area (Å²) >= 11 is 0. The number of unbranched alkanes of at least 4 members (excludes halogenated alkanes) is 25. The number of carbonyl (C=O) groups is 4. The van der Waals surface area contributed by atoms with Gasteiger partial charge in [0.2, 0.25) is 23.4 Å². The molecule has 4 heterocycles. The van der Waals surface area contributed by atoms with Gasteiger partial charge in [-0.15, -0.1) is 0 Å². The number of aliphatic carboxylic acids is 2. The smallest absolute Gasteiger partial charge is 0.220 e. The summed E-state index contributed by atoms with van der Waals surface area (Å²) in [6, 6.07) is -2.78. The third-order valence-electron chi connectivity index (χ3n) is 16.9. The Morgan fingerprint density at radius 2 is 1.26 bits per heavy atom. The first-order chi connectivity index (χ1) is 41.0. The van der Waals surface area contributed by atoms with Crippen molar-refractivity contribution in [3.8, 4) is 0 Å². The summed E-state index contributed by atoms with van der Waals surface area (Å²) < 4.78 is 47.0. The van der Waals surface area contributed by atoms with Crippen LogP contribution in [0.5, 0.6) is 0 Å². The Morgan fingerprint density at radius 1 is 0.706 bits per heavy atom. The number of nitrogens with two attached hydrogens (primary N) is 1. The number of aliphatic hydroxyl groups excluding tert-OH is 5. The molecule has 4 rings (SSSR count). The second kappa shape index (κ2) is 42.1. The van der Waals surface area contributed by atoms with E-state index >= 15 is 0 Å². The molecule has 0 radical (unpaired) electrons. The second-order valence-corrected chi connectivity index (χ2v) is 24.3. The summed E-state index contributed by atoms with van der Waals surface area (Å²) in [7, 11) is 0. The largest absolute Gasteiger partial charge is 0.544 e. The lowest BCUT2D eigenvalue weighted by Gasteiger charge is -2.51. The number of ether oxygens (including phenoxy) is 8. The van der Waals surface area contributed by atoms with Crippen LogP contribution in [-0.4, -0.2) is 173 Å². The summed E-state index contributed by atoms with van der Waals surface area (Å²) in [5.74, 6) is -10.1. The number of amides is 2. The van der Waals surface area contributed by atoms with Gasteiger partial charge in [-0.25, -0.2) is 0 Å². The van der Waals surface area contributed by atoms with E-state index in [1.165, 1.54) is 141 Å². The highest BCUT2D eigenvalue weighted by molar-refractivity contribution is 5.76. The van der Waals surface area contributed by atoms with Crippen molar-refractivity contribution < 1.29 is 92.8 Å². The first kappa shape index (κ1) is 74.5. The molecule has 0 aromatic carbocycles. The summed E-state index contributed by atoms with van der Waals surface area (Å²) in [6.07, 6.45) is 23.7. The number of aliphatic hydroxyl groups is 5. The maximum Gasteiger partial charge on any atom is 0.220 e. The lowest BCUT2D eigenvalue weighted by molar-refractivity contribution is -0.399. The molecule has 4 saturated heterocycles. The molecular formula is C63H111N3O19-2. The van der Waals surface area contributed by atoms with E-state index < -0.39 is 136 Å². The second-order valence-electron chi connectivity index (χ2n) is 24.3. The Balaban J connectivity index is 1.29. The molecule has 4 aliphatic heterocycles. The zero-order valence-corrected chi connectivity index (χ0v) is 51.8. The molecule has 4 fully saturated rings. The van der Waals surface area contributed by atoms with E-state index in [9.17, 15) is 54.9 Å². The predicted molar refractivity (Wildman–Crippen MR) is 312 cm³/mol. The van der Waals surface area contributed by atoms with Crippen molar-refractivity contribution in [2.75, 3.05) is 33.0 Å². The zero-order chi connectivity index (χ0) is 61.9. The van der Waals surface area contributed by atoms with E-state index in [4.69, 9.17) is 43.6 Å². The van der Waals surface area contributed by atoms with Gasteiger partial charge in [-0.2, -0.15) is 0 Å². The van der Waals surface area contributed by atoms with E-state index in [2.05, 4.69) is 36.6 Å². The van der Waals surface area contributed by atoms with Crippen molar-refractivity contribution in [1.82, 2.24) is 10.6 Å². The first-order valence-corrected chi connectivity index (χ1v) is 32.9. The van der Waals surface area contributed by atoms with Gasteiger partial charge in [0.25, 0.3) is 0 Å². The maximum absolute atomic E-state index is 13.3. The average Bonchev–Trinajstić information content (AvgIpc) is 1.47. The van der Waals surface area contributed by atoms with Gasteiger partial charge in [0.05, 0.1) is 75.6 Å². The summed E-state index contributed by atoms with van der Waals surface area (Å²) in [5.41, 5.74) is 5.75. The van der Waals surface area contributed by atoms with Crippen LogP contribution in [0.25, 0.3) is 0 Å². The third kappa shape index (κ3) is 27.4. The van der Waals surface area contributed by atoms with Crippen LogP contribution in [-0.2, 0) is 57.1 Å². The van der Waals surface area contributed by atoms with Crippen LogP contribution in [0.1, 0.15) is 239 Å². The standard InChI is InChI=1S/C63H113N3O19/c1-4-6-8-10-12-14-16-18-20-22-24-26-28-30-32-34-54(72)66-46(33-31-29-27-25-23-21-19-17-15-13-11-9-7-5-2)42-79-55-36-35-51(53(41-67)82-55)83-59-57(73)52(37-38-78-59)84-63(61(76)77)40-49(70)56(65-45(3)68)58(85-63)50(71)44-81-62(60(74)75)39-48(69)47(64)43-80-62/h29,31,46-53,55-59,67,69-71,73H,4-28,30,32-44,64H2,1-3H3,(H,65,68)(H,66,72)(H,74,75)(H,76,77)/p-2/b31-29+/t46-,47+,48+,49+,50+,51+,52+,53-,55-,56-,57-,58+,59+,62+,63-/m1/s1. The SMILES string of the molecule is CCCCCCCCCCCCC/C=C/C[C@H](CO[C@H]1CC[C@H](O[C@@H]2OCC[C@H](O[C@]3(C(=O)[O-])C[C@H](O)[C@@H](NC(C)=O)[C@H]([C@@H](O)CO[C@]4(C(=O)[O-])C[C@H](O)[C@@H](N)CO4)O3)[C@H]2O)[C@@H](CO)O1)NC(=O)CCCCCCCCCCCCCCCCC. The molecule has 22 heteroatoms. The zero-order valence-electron chi connectivity index (χ0n) is 51.8. The minimum absolute atomic E-state index is 0.0260. The fraction of sp³-hybridized carbons (Fsp3) is 0.905. The van der Waals surface area contributed by atoms with Crippen molar-refractivity contribution >= 4 is 23.8 Å². The quantitative estimate of drug-likeness (QED) is 0.0300. The van der Waals surface area contributed by atoms with Gasteiger partial charge in [0.1, 0.15) is 36.4 Å². The van der Waals surface area contributed by atoms with Gasteiger partial charge in [0, 0.05) is 32.6 Å². The van der Waals surface area contributed by atoms with Gasteiger partial charge >= 0.3 is 0 Å². The first-order valence-electron chi connectivity index (χ1n) is 32.9. The van der Waals surface area contributed by atoms with E-state index in [0.717, 1.165) is 39.0 Å². The molecule has 85 heavy (non-hydrogen) atoms. The Morgan fingerprint density at radius 3 is 1.80 bits per heavy atom. The van der Waals surface area contributed by atoms with Crippen LogP contribution >= 0.6 is 0 Å². The lowest BCUT2D eigenvalue weighted by atomic mass is 9.89. The number of hydrogen-bond donors (Lipinski definition) is 8. The minimum Gasteiger partial charge on any atom is -0.544 e. The fourth-order valence-electron chi connectivity index (χ4n) is 11.7. The van der Waals surface area contributed by atoms with E-state index in [-0.39, 0.29) is 38.0 Å². The molecule has 0 unspecified atom stereocenters. The molecule has 2 amide bonds. The normalized spacial score (nSPS) is 29.8. The molecule has 0 aromatic heterocycles. The van der Waals surface area contributed by atoms with Gasteiger partial charge in [-0.05, 0) is 38.5 Å². The minimum atomic E-state index is -2.89. The van der Waals surface area contributed by atoms with Gasteiger partial charge < -0.3 is 99.6 Å². The predicted octanol–water partition coefficient (Wildman–Crippen LogP) is 4.80. The number of carboxylic acid groups (broad SMARTS) is 2. The molecule has 0 bridgehead atoms. The van der Waals surface area contributed by atoms with Crippen LogP contribution in [0.2, 0.25) is 0 Å². The van der Waals surface area contributed by atoms with Crippen molar-refractivity contribution in [2.24, 2.45) is 5.73 Å². The highest BCUT2D eigenvalue weighted by Crippen LogP contribution is 2.37. The molecule has 9 N–H and O–H groups in total. The van der Waals surface area contributed by atoms with Crippen molar-refractivity contribution in [3.05, 3.63) is 12.2 Å². The third-order valence-corrected chi connectivity index (χ3v) is 16.9. The van der Waals surface area contributed by atoms with E-state index in [0.29, 0.717) is 19.3 Å². The van der Waals surface area contributed by atoms with E-state index in [1.54, 1.807) is 0 Å². The van der Waals surface area contributed by atoms with Crippen molar-refractivity contribution in [1.29, 1.82) is 0 Å². The Bertz CT molecular complexity index is 1870. The van der Waals surface area contributed by atoms with E-state index in [1.807, 2.05) is 0 Å². The molecule has 22 nitrogen and oxygen atoms in total. The highest BCUT2D eigenvalue weighted by Gasteiger charge is 2.55. The number of allylic oxidation sites excluding steroid dienone is 1. The number of nitrogens with one attached hydrogen (secondary N) is 2. The number of hydrogen-bond acceptors (Lipinski definition) is 20. The van der Waals surface area contributed by atoms with Gasteiger partial charge in [-0.3, -0.25) is 9.59 Å². The molecule has 0 saturated carbocycles. The van der Waals surface area contributed by atoms with Crippen molar-refractivity contribution in [3.63, 3.8) is 0 Å². The summed E-state index contributed by atoms with van der Waals surface area (Å²) in [6.45, 7) is 3.70. The Hall–Kier alpha value is -2.94. The summed E-state index contributed by atoms with van der Waals surface area (Å²) in [5, 5.41) is 86.0. The Kier molecular flexibility index (Phi) is 36.9. The van der Waals surface area contributed by atoms with Crippen LogP contribution in [0.3, 0.4) is 0 Å². The van der Waals surface area contributed by atoms with Crippen molar-refractivity contribution in [2.45, 2.75) is 330 Å². The fourth-order valence-corrected chi connectivity index (χ4v) is 11.7. The van der Waals surface area contributed by atoms with Crippen LogP contribution in [0.15, 0.2) is 12.2 Å². The highest BCUT2D eigenvalue weighted by atomic mass is 16.8. The molecule has 15 atom stereocenters. The number of rotatable bonds is 46. The average molecular weight is 1210 g/mol. The lowest BCUT2D eigenvalue weighted by Crippen LogP contribution is -2.70. The molecular weight excluding hydrogens is 1100 g/mol. The number of carbonyl (C=O) groups excluding carboxylic acids is 4.